The summed E-state index contributed by atoms with van der Waals surface area (Å²) in [7, 11) is -3.51. The zero-order chi connectivity index (χ0) is 20.3. The van der Waals surface area contributed by atoms with E-state index in [1.54, 1.807) is 36.4 Å². The van der Waals surface area contributed by atoms with Crippen LogP contribution in [-0.4, -0.2) is 56.3 Å². The molecule has 0 unspecified atom stereocenters. The molecule has 1 N–H and O–H groups in total. The number of carbonyl (C=O) groups is 1. The number of benzene rings is 2. The van der Waals surface area contributed by atoms with E-state index in [0.717, 1.165) is 11.1 Å². The topological polar surface area (TPSA) is 69.7 Å². The van der Waals surface area contributed by atoms with E-state index in [2.05, 4.69) is 5.32 Å². The molecule has 0 saturated carbocycles. The van der Waals surface area contributed by atoms with Crippen molar-refractivity contribution in [3.63, 3.8) is 0 Å². The predicted molar refractivity (Wildman–Crippen MR) is 111 cm³/mol. The Morgan fingerprint density at radius 2 is 1.64 bits per heavy atom. The SMILES string of the molecule is Cc1ccc(S(=O)(=O)N2CCN(CC(=O)Nc3ccc(Cl)cc3)CC2)cc1C. The number of halogens is 1. The summed E-state index contributed by atoms with van der Waals surface area (Å²) in [4.78, 5) is 14.5. The summed E-state index contributed by atoms with van der Waals surface area (Å²) in [5, 5.41) is 3.43. The monoisotopic (exact) mass is 421 g/mol. The molecule has 0 spiro atoms. The molecule has 0 radical (unpaired) electrons. The molecular formula is C20H24ClN3O3S. The Morgan fingerprint density at radius 1 is 1.00 bits per heavy atom. The number of rotatable bonds is 5. The maximum absolute atomic E-state index is 12.9. The first-order valence-electron chi connectivity index (χ1n) is 9.11. The molecular weight excluding hydrogens is 398 g/mol. The van der Waals surface area contributed by atoms with Gasteiger partial charge in [0.2, 0.25) is 15.9 Å². The molecule has 1 saturated heterocycles. The predicted octanol–water partition coefficient (Wildman–Crippen LogP) is 2.90. The van der Waals surface area contributed by atoms with Gasteiger partial charge in [0, 0.05) is 36.9 Å². The van der Waals surface area contributed by atoms with Crippen LogP contribution in [0.3, 0.4) is 0 Å². The normalized spacial score (nSPS) is 16.1. The number of nitrogens with zero attached hydrogens (tertiary/aromatic N) is 2. The second-order valence-corrected chi connectivity index (χ2v) is 9.36. The molecule has 0 aromatic heterocycles. The Morgan fingerprint density at radius 3 is 2.25 bits per heavy atom. The summed E-state index contributed by atoms with van der Waals surface area (Å²) < 4.78 is 27.2. The van der Waals surface area contributed by atoms with Crippen molar-refractivity contribution >= 4 is 33.2 Å². The molecule has 150 valence electrons. The molecule has 1 amide bonds. The molecule has 0 aliphatic carbocycles. The molecule has 1 aliphatic heterocycles. The molecule has 3 rings (SSSR count). The van der Waals surface area contributed by atoms with Crippen LogP contribution in [0.2, 0.25) is 5.02 Å². The van der Waals surface area contributed by atoms with Crippen molar-refractivity contribution in [2.45, 2.75) is 18.7 Å². The Hall–Kier alpha value is -1.93. The zero-order valence-corrected chi connectivity index (χ0v) is 17.6. The number of piperazine rings is 1. The van der Waals surface area contributed by atoms with Gasteiger partial charge < -0.3 is 5.32 Å². The van der Waals surface area contributed by atoms with Crippen LogP contribution in [0, 0.1) is 13.8 Å². The number of hydrogen-bond donors (Lipinski definition) is 1. The highest BCUT2D eigenvalue weighted by Crippen LogP contribution is 2.20. The summed E-state index contributed by atoms with van der Waals surface area (Å²) in [6, 6.07) is 12.1. The summed E-state index contributed by atoms with van der Waals surface area (Å²) in [5.41, 5.74) is 2.71. The van der Waals surface area contributed by atoms with Crippen LogP contribution in [0.1, 0.15) is 11.1 Å². The maximum Gasteiger partial charge on any atom is 0.243 e. The smallest absolute Gasteiger partial charge is 0.243 e. The minimum Gasteiger partial charge on any atom is -0.325 e. The molecule has 2 aromatic carbocycles. The van der Waals surface area contributed by atoms with Gasteiger partial charge in [-0.2, -0.15) is 4.31 Å². The van der Waals surface area contributed by atoms with Crippen LogP contribution in [-0.2, 0) is 14.8 Å². The highest BCUT2D eigenvalue weighted by molar-refractivity contribution is 7.89. The number of aryl methyl sites for hydroxylation is 2. The lowest BCUT2D eigenvalue weighted by molar-refractivity contribution is -0.117. The molecule has 1 heterocycles. The lowest BCUT2D eigenvalue weighted by Gasteiger charge is -2.33. The number of nitrogens with one attached hydrogen (secondary N) is 1. The first kappa shape index (κ1) is 20.8. The molecule has 0 atom stereocenters. The minimum absolute atomic E-state index is 0.132. The van der Waals surface area contributed by atoms with E-state index in [4.69, 9.17) is 11.6 Å². The van der Waals surface area contributed by atoms with Crippen LogP contribution in [0.25, 0.3) is 0 Å². The van der Waals surface area contributed by atoms with Gasteiger partial charge in [-0.15, -0.1) is 0 Å². The van der Waals surface area contributed by atoms with Crippen LogP contribution >= 0.6 is 11.6 Å². The summed E-state index contributed by atoms with van der Waals surface area (Å²) in [6.45, 7) is 5.84. The van der Waals surface area contributed by atoms with Crippen LogP contribution in [0.5, 0.6) is 0 Å². The lowest BCUT2D eigenvalue weighted by atomic mass is 10.1. The average Bonchev–Trinajstić information content (AvgIpc) is 2.66. The van der Waals surface area contributed by atoms with Gasteiger partial charge in [-0.05, 0) is 61.4 Å². The first-order valence-corrected chi connectivity index (χ1v) is 10.9. The number of sulfonamides is 1. The van der Waals surface area contributed by atoms with Gasteiger partial charge in [0.05, 0.1) is 11.4 Å². The van der Waals surface area contributed by atoms with Gasteiger partial charge in [0.1, 0.15) is 0 Å². The van der Waals surface area contributed by atoms with E-state index in [9.17, 15) is 13.2 Å². The van der Waals surface area contributed by atoms with E-state index < -0.39 is 10.0 Å². The lowest BCUT2D eigenvalue weighted by Crippen LogP contribution is -2.50. The molecule has 0 bridgehead atoms. The van der Waals surface area contributed by atoms with Crippen molar-refractivity contribution in [1.82, 2.24) is 9.21 Å². The van der Waals surface area contributed by atoms with Crippen molar-refractivity contribution in [2.75, 3.05) is 38.0 Å². The third-order valence-electron chi connectivity index (χ3n) is 4.94. The second kappa shape index (κ2) is 8.61. The Bertz CT molecular complexity index is 953. The number of anilines is 1. The fourth-order valence-corrected chi connectivity index (χ4v) is 4.72. The van der Waals surface area contributed by atoms with E-state index in [1.807, 2.05) is 24.8 Å². The van der Waals surface area contributed by atoms with Gasteiger partial charge in [-0.3, -0.25) is 9.69 Å². The van der Waals surface area contributed by atoms with Crippen LogP contribution < -0.4 is 5.32 Å². The Balaban J connectivity index is 1.55. The third kappa shape index (κ3) is 4.91. The zero-order valence-electron chi connectivity index (χ0n) is 16.0. The maximum atomic E-state index is 12.9. The van der Waals surface area contributed by atoms with Gasteiger partial charge in [0.25, 0.3) is 0 Å². The Labute approximate surface area is 171 Å². The molecule has 2 aromatic rings. The largest absolute Gasteiger partial charge is 0.325 e. The van der Waals surface area contributed by atoms with Crippen LogP contribution in [0.15, 0.2) is 47.4 Å². The molecule has 8 heteroatoms. The van der Waals surface area contributed by atoms with Crippen molar-refractivity contribution in [3.05, 3.63) is 58.6 Å². The van der Waals surface area contributed by atoms with Crippen molar-refractivity contribution < 1.29 is 13.2 Å². The summed E-state index contributed by atoms with van der Waals surface area (Å²) >= 11 is 5.84. The minimum atomic E-state index is -3.51. The summed E-state index contributed by atoms with van der Waals surface area (Å²) in [5.74, 6) is -0.132. The summed E-state index contributed by atoms with van der Waals surface area (Å²) in [6.07, 6.45) is 0. The first-order chi connectivity index (χ1) is 13.3. The van der Waals surface area contributed by atoms with Gasteiger partial charge in [0.15, 0.2) is 0 Å². The quantitative estimate of drug-likeness (QED) is 0.805. The standard InChI is InChI=1S/C20H24ClN3O3S/c1-15-3-8-19(13-16(15)2)28(26,27)24-11-9-23(10-12-24)14-20(25)22-18-6-4-17(21)5-7-18/h3-8,13H,9-12,14H2,1-2H3,(H,22,25). The third-order valence-corrected chi connectivity index (χ3v) is 7.09. The van der Waals surface area contributed by atoms with E-state index in [-0.39, 0.29) is 12.5 Å². The average molecular weight is 422 g/mol. The van der Waals surface area contributed by atoms with Crippen molar-refractivity contribution in [2.24, 2.45) is 0 Å². The highest BCUT2D eigenvalue weighted by atomic mass is 35.5. The molecule has 1 fully saturated rings. The number of carbonyl (C=O) groups excluding carboxylic acids is 1. The van der Waals surface area contributed by atoms with E-state index in [0.29, 0.717) is 41.8 Å². The van der Waals surface area contributed by atoms with E-state index in [1.165, 1.54) is 4.31 Å². The van der Waals surface area contributed by atoms with Gasteiger partial charge in [-0.25, -0.2) is 8.42 Å². The second-order valence-electron chi connectivity index (χ2n) is 6.98. The fourth-order valence-electron chi connectivity index (χ4n) is 3.09. The van der Waals surface area contributed by atoms with Crippen molar-refractivity contribution in [3.8, 4) is 0 Å². The molecule has 28 heavy (non-hydrogen) atoms. The molecule has 1 aliphatic rings. The fraction of sp³-hybridized carbons (Fsp3) is 0.350. The van der Waals surface area contributed by atoms with Crippen molar-refractivity contribution in [1.29, 1.82) is 0 Å². The van der Waals surface area contributed by atoms with Crippen LogP contribution in [0.4, 0.5) is 5.69 Å². The molecule has 6 nitrogen and oxygen atoms in total. The highest BCUT2D eigenvalue weighted by Gasteiger charge is 2.29. The van der Waals surface area contributed by atoms with Gasteiger partial charge >= 0.3 is 0 Å². The number of hydrogen-bond acceptors (Lipinski definition) is 4. The van der Waals surface area contributed by atoms with Gasteiger partial charge in [-0.1, -0.05) is 17.7 Å². The number of amides is 1. The van der Waals surface area contributed by atoms with E-state index >= 15 is 0 Å². The Kier molecular flexibility index (Phi) is 6.40.